The lowest BCUT2D eigenvalue weighted by atomic mass is 9.57. The second kappa shape index (κ2) is 7.08. The van der Waals surface area contributed by atoms with Gasteiger partial charge in [0.15, 0.2) is 5.78 Å². The normalized spacial score (nSPS) is 30.2. The molecule has 9 heteroatoms. The Morgan fingerprint density at radius 1 is 1.26 bits per heavy atom. The highest BCUT2D eigenvalue weighted by molar-refractivity contribution is 6.10. The summed E-state index contributed by atoms with van der Waals surface area (Å²) < 4.78 is 0. The van der Waals surface area contributed by atoms with Crippen LogP contribution < -0.4 is 11.5 Å². The molecule has 0 spiro atoms. The monoisotopic (exact) mass is 429 g/mol. The number of ketones is 1. The number of aliphatic hydroxyl groups excluding tert-OH is 2. The maximum absolute atomic E-state index is 13.6. The maximum atomic E-state index is 13.6. The van der Waals surface area contributed by atoms with Crippen LogP contribution in [0.3, 0.4) is 0 Å². The second-order valence-corrected chi connectivity index (χ2v) is 8.88. The van der Waals surface area contributed by atoms with E-state index in [1.807, 2.05) is 0 Å². The first kappa shape index (κ1) is 21.4. The summed E-state index contributed by atoms with van der Waals surface area (Å²) in [6, 6.07) is 2.66. The number of aromatic hydroxyl groups is 1. The summed E-state index contributed by atoms with van der Waals surface area (Å²) in [4.78, 5) is 27.2. The summed E-state index contributed by atoms with van der Waals surface area (Å²) in [5, 5.41) is 43.9. The van der Waals surface area contributed by atoms with Crippen molar-refractivity contribution in [3.63, 3.8) is 0 Å². The lowest BCUT2D eigenvalue weighted by Gasteiger charge is -2.51. The van der Waals surface area contributed by atoms with E-state index in [0.29, 0.717) is 24.0 Å². The molecule has 4 atom stereocenters. The first-order valence-electron chi connectivity index (χ1n) is 10.2. The van der Waals surface area contributed by atoms with Crippen LogP contribution >= 0.6 is 0 Å². The Morgan fingerprint density at radius 3 is 2.52 bits per heavy atom. The standard InChI is InChI=1S/C22H27N3O6/c1-25(2)16-13-6-11-5-9-3-4-10(8-23)17(26)14(9)19(28)15(11)20(29)22(13,31)7-12(18(16)27)21(24)30/h3-4,11,13,16,26-28,31H,5-8,23H2,1-2H3,(H2,24,30). The van der Waals surface area contributed by atoms with Crippen LogP contribution in [0.2, 0.25) is 0 Å². The van der Waals surface area contributed by atoms with Gasteiger partial charge in [0.2, 0.25) is 5.91 Å². The number of hydrogen-bond acceptors (Lipinski definition) is 8. The van der Waals surface area contributed by atoms with E-state index in [9.17, 15) is 30.0 Å². The number of benzene rings is 1. The highest BCUT2D eigenvalue weighted by atomic mass is 16.3. The van der Waals surface area contributed by atoms with Crippen molar-refractivity contribution in [3.8, 4) is 5.75 Å². The molecule has 0 radical (unpaired) electrons. The van der Waals surface area contributed by atoms with E-state index in [2.05, 4.69) is 0 Å². The van der Waals surface area contributed by atoms with E-state index >= 15 is 0 Å². The van der Waals surface area contributed by atoms with Crippen molar-refractivity contribution < 1.29 is 30.0 Å². The van der Waals surface area contributed by atoms with Gasteiger partial charge in [0, 0.05) is 30.0 Å². The van der Waals surface area contributed by atoms with Gasteiger partial charge in [-0.3, -0.25) is 14.5 Å². The van der Waals surface area contributed by atoms with E-state index in [-0.39, 0.29) is 40.5 Å². The van der Waals surface area contributed by atoms with E-state index in [1.165, 1.54) is 0 Å². The summed E-state index contributed by atoms with van der Waals surface area (Å²) in [5.41, 5.74) is 10.1. The predicted octanol–water partition coefficient (Wildman–Crippen LogP) is 0.244. The van der Waals surface area contributed by atoms with Crippen LogP contribution in [0.1, 0.15) is 29.5 Å². The van der Waals surface area contributed by atoms with Crippen LogP contribution in [0.25, 0.3) is 5.76 Å². The van der Waals surface area contributed by atoms with Gasteiger partial charge < -0.3 is 31.9 Å². The predicted molar refractivity (Wildman–Crippen MR) is 112 cm³/mol. The van der Waals surface area contributed by atoms with Gasteiger partial charge in [-0.1, -0.05) is 12.1 Å². The van der Waals surface area contributed by atoms with Gasteiger partial charge in [-0.15, -0.1) is 0 Å². The Kier molecular flexibility index (Phi) is 4.88. The first-order chi connectivity index (χ1) is 14.5. The molecule has 9 nitrogen and oxygen atoms in total. The van der Waals surface area contributed by atoms with Crippen molar-refractivity contribution in [2.45, 2.75) is 37.5 Å². The minimum absolute atomic E-state index is 0.0263. The number of hydrogen-bond donors (Lipinski definition) is 6. The van der Waals surface area contributed by atoms with Gasteiger partial charge in [-0.25, -0.2) is 0 Å². The highest BCUT2D eigenvalue weighted by Crippen LogP contribution is 2.53. The van der Waals surface area contributed by atoms with E-state index in [4.69, 9.17) is 11.5 Å². The van der Waals surface area contributed by atoms with Crippen LogP contribution in [-0.4, -0.2) is 62.8 Å². The molecular weight excluding hydrogens is 402 g/mol. The number of carbonyl (C=O) groups is 2. The Bertz CT molecular complexity index is 1060. The smallest absolute Gasteiger partial charge is 0.248 e. The van der Waals surface area contributed by atoms with Crippen molar-refractivity contribution in [2.24, 2.45) is 23.3 Å². The quantitative estimate of drug-likeness (QED) is 0.397. The molecule has 0 aliphatic heterocycles. The topological polar surface area (TPSA) is 170 Å². The average Bonchev–Trinajstić information content (AvgIpc) is 2.69. The summed E-state index contributed by atoms with van der Waals surface area (Å²) in [6.45, 7) is 0.0572. The Hall–Kier alpha value is -2.88. The number of primary amides is 1. The fourth-order valence-corrected chi connectivity index (χ4v) is 5.52. The Balaban J connectivity index is 1.90. The molecule has 3 aliphatic rings. The SMILES string of the molecule is CN(C)C1C(O)=C(C(N)=O)CC2(O)C(=O)C3=C(O)c4c(ccc(CN)c4O)CC3CC12. The average molecular weight is 429 g/mol. The largest absolute Gasteiger partial charge is 0.510 e. The molecule has 1 amide bonds. The lowest BCUT2D eigenvalue weighted by molar-refractivity contribution is -0.151. The van der Waals surface area contributed by atoms with Crippen LogP contribution in [0, 0.1) is 11.8 Å². The van der Waals surface area contributed by atoms with Gasteiger partial charge in [-0.05, 0) is 38.4 Å². The number of phenolic OH excluding ortho intramolecular Hbond substituents is 1. The minimum Gasteiger partial charge on any atom is -0.510 e. The molecule has 3 aliphatic carbocycles. The summed E-state index contributed by atoms with van der Waals surface area (Å²) >= 11 is 0. The molecule has 166 valence electrons. The van der Waals surface area contributed by atoms with Gasteiger partial charge in [0.25, 0.3) is 0 Å². The molecule has 1 fully saturated rings. The molecule has 0 bridgehead atoms. The molecule has 1 aromatic carbocycles. The van der Waals surface area contributed by atoms with Crippen molar-refractivity contribution in [1.29, 1.82) is 0 Å². The first-order valence-corrected chi connectivity index (χ1v) is 10.2. The molecule has 0 heterocycles. The molecule has 4 unspecified atom stereocenters. The number of aliphatic hydroxyl groups is 3. The molecule has 8 N–H and O–H groups in total. The molecular formula is C22H27N3O6. The minimum atomic E-state index is -2.02. The van der Waals surface area contributed by atoms with Crippen molar-refractivity contribution in [1.82, 2.24) is 4.90 Å². The van der Waals surface area contributed by atoms with Gasteiger partial charge in [0.1, 0.15) is 22.9 Å². The van der Waals surface area contributed by atoms with Crippen LogP contribution in [0.15, 0.2) is 29.0 Å². The van der Waals surface area contributed by atoms with Crippen molar-refractivity contribution >= 4 is 17.4 Å². The zero-order chi connectivity index (χ0) is 22.8. The summed E-state index contributed by atoms with van der Waals surface area (Å²) in [7, 11) is 3.36. The number of nitrogens with two attached hydrogens (primary N) is 2. The third kappa shape index (κ3) is 2.88. The molecule has 0 saturated heterocycles. The number of amides is 1. The number of rotatable bonds is 3. The molecule has 1 aromatic rings. The fourth-order valence-electron chi connectivity index (χ4n) is 5.52. The Labute approximate surface area is 179 Å². The number of nitrogens with zero attached hydrogens (tertiary/aromatic N) is 1. The number of phenols is 1. The lowest BCUT2D eigenvalue weighted by Crippen LogP contribution is -2.62. The van der Waals surface area contributed by atoms with E-state index < -0.39 is 41.6 Å². The van der Waals surface area contributed by atoms with Gasteiger partial charge in [-0.2, -0.15) is 0 Å². The summed E-state index contributed by atoms with van der Waals surface area (Å²) in [6.07, 6.45) is 0.228. The van der Waals surface area contributed by atoms with Gasteiger partial charge >= 0.3 is 0 Å². The van der Waals surface area contributed by atoms with Crippen LogP contribution in [-0.2, 0) is 22.6 Å². The Morgan fingerprint density at radius 2 is 1.94 bits per heavy atom. The zero-order valence-corrected chi connectivity index (χ0v) is 17.4. The van der Waals surface area contributed by atoms with Crippen molar-refractivity contribution in [2.75, 3.05) is 14.1 Å². The van der Waals surface area contributed by atoms with E-state index in [1.54, 1.807) is 31.1 Å². The highest BCUT2D eigenvalue weighted by Gasteiger charge is 2.60. The third-order valence-electron chi connectivity index (χ3n) is 6.99. The van der Waals surface area contributed by atoms with Crippen LogP contribution in [0.5, 0.6) is 5.75 Å². The number of fused-ring (bicyclic) bond motifs is 3. The van der Waals surface area contributed by atoms with E-state index in [0.717, 1.165) is 0 Å². The summed E-state index contributed by atoms with van der Waals surface area (Å²) in [5.74, 6) is -3.56. The van der Waals surface area contributed by atoms with Crippen molar-refractivity contribution in [3.05, 3.63) is 45.7 Å². The molecule has 1 saturated carbocycles. The number of Topliss-reactive ketones (excluding diaryl/α,β-unsaturated/α-hetero) is 1. The van der Waals surface area contributed by atoms with Crippen LogP contribution in [0.4, 0.5) is 0 Å². The zero-order valence-electron chi connectivity index (χ0n) is 17.4. The third-order valence-corrected chi connectivity index (χ3v) is 6.99. The molecule has 4 rings (SSSR count). The molecule has 31 heavy (non-hydrogen) atoms. The van der Waals surface area contributed by atoms with Gasteiger partial charge in [0.05, 0.1) is 17.2 Å². The fraction of sp³-hybridized carbons (Fsp3) is 0.455. The number of carbonyl (C=O) groups excluding carboxylic acids is 2. The second-order valence-electron chi connectivity index (χ2n) is 8.88. The number of likely N-dealkylation sites (N-methyl/N-ethyl adjacent to an activating group) is 1. The molecule has 0 aromatic heterocycles. The maximum Gasteiger partial charge on any atom is 0.248 e.